The smallest absolute Gasteiger partial charge is 0.264 e. The van der Waals surface area contributed by atoms with Gasteiger partial charge >= 0.3 is 0 Å². The Morgan fingerprint density at radius 3 is 2.82 bits per heavy atom. The zero-order chi connectivity index (χ0) is 14.9. The Bertz CT molecular complexity index is 661. The Balaban J connectivity index is 1.53. The number of ether oxygens (including phenoxy) is 1. The molecular formula is C18H18N2O2. The van der Waals surface area contributed by atoms with E-state index in [0.717, 1.165) is 36.3 Å². The van der Waals surface area contributed by atoms with Crippen LogP contribution < -0.4 is 4.74 Å². The van der Waals surface area contributed by atoms with Crippen LogP contribution in [0.4, 0.5) is 0 Å². The number of hydrogen-bond donors (Lipinski definition) is 0. The molecule has 3 heterocycles. The van der Waals surface area contributed by atoms with Gasteiger partial charge in [0.1, 0.15) is 5.75 Å². The minimum absolute atomic E-state index is 0.107. The van der Waals surface area contributed by atoms with Crippen molar-refractivity contribution in [3.8, 4) is 5.75 Å². The van der Waals surface area contributed by atoms with E-state index in [1.54, 1.807) is 12.4 Å². The summed E-state index contributed by atoms with van der Waals surface area (Å²) in [6.45, 7) is 0.808. The first-order valence-corrected chi connectivity index (χ1v) is 7.78. The summed E-state index contributed by atoms with van der Waals surface area (Å²) in [6.07, 6.45) is 5.93. The molecule has 0 aliphatic carbocycles. The van der Waals surface area contributed by atoms with Crippen LogP contribution in [0.15, 0.2) is 48.8 Å². The van der Waals surface area contributed by atoms with Crippen molar-refractivity contribution in [2.75, 3.05) is 6.54 Å². The average molecular weight is 294 g/mol. The topological polar surface area (TPSA) is 42.4 Å². The highest BCUT2D eigenvalue weighted by Crippen LogP contribution is 2.35. The van der Waals surface area contributed by atoms with E-state index in [2.05, 4.69) is 4.98 Å². The molecule has 2 aliphatic rings. The number of rotatable bonds is 2. The molecule has 1 amide bonds. The minimum Gasteiger partial charge on any atom is -0.480 e. The molecule has 4 heteroatoms. The highest BCUT2D eigenvalue weighted by molar-refractivity contribution is 5.83. The fourth-order valence-corrected chi connectivity index (χ4v) is 3.47. The fourth-order valence-electron chi connectivity index (χ4n) is 3.47. The van der Waals surface area contributed by atoms with E-state index in [0.29, 0.717) is 6.42 Å². The molecule has 4 rings (SSSR count). The van der Waals surface area contributed by atoms with Crippen LogP contribution in [-0.4, -0.2) is 28.4 Å². The van der Waals surface area contributed by atoms with E-state index in [1.165, 1.54) is 0 Å². The highest BCUT2D eigenvalue weighted by atomic mass is 16.5. The van der Waals surface area contributed by atoms with Gasteiger partial charge in [-0.15, -0.1) is 0 Å². The van der Waals surface area contributed by atoms with Crippen molar-refractivity contribution < 1.29 is 9.53 Å². The van der Waals surface area contributed by atoms with Gasteiger partial charge in [-0.1, -0.05) is 18.2 Å². The molecule has 0 bridgehead atoms. The SMILES string of the molecule is O=C(C1Cc2ccccc2O1)N1CCCC1c1ccncc1. The third-order valence-electron chi connectivity index (χ3n) is 4.55. The quantitative estimate of drug-likeness (QED) is 0.855. The zero-order valence-corrected chi connectivity index (χ0v) is 12.3. The molecule has 22 heavy (non-hydrogen) atoms. The van der Waals surface area contributed by atoms with E-state index < -0.39 is 0 Å². The minimum atomic E-state index is -0.375. The lowest BCUT2D eigenvalue weighted by Gasteiger charge is -2.27. The second-order valence-electron chi connectivity index (χ2n) is 5.89. The lowest BCUT2D eigenvalue weighted by molar-refractivity contribution is -0.138. The maximum atomic E-state index is 12.9. The lowest BCUT2D eigenvalue weighted by Crippen LogP contribution is -2.40. The standard InChI is InChI=1S/C18H18N2O2/c21-18(17-12-14-4-1-2-6-16(14)22-17)20-11-3-5-15(20)13-7-9-19-10-8-13/h1-2,4,6-10,15,17H,3,5,11-12H2. The highest BCUT2D eigenvalue weighted by Gasteiger charge is 2.37. The van der Waals surface area contributed by atoms with Gasteiger partial charge in [0.2, 0.25) is 0 Å². The van der Waals surface area contributed by atoms with Crippen LogP contribution >= 0.6 is 0 Å². The van der Waals surface area contributed by atoms with Crippen molar-refractivity contribution in [1.29, 1.82) is 0 Å². The Morgan fingerprint density at radius 1 is 1.18 bits per heavy atom. The molecule has 1 saturated heterocycles. The molecule has 1 fully saturated rings. The van der Waals surface area contributed by atoms with Gasteiger partial charge in [0.25, 0.3) is 5.91 Å². The monoisotopic (exact) mass is 294 g/mol. The molecule has 2 aromatic rings. The molecule has 112 valence electrons. The summed E-state index contributed by atoms with van der Waals surface area (Å²) in [5, 5.41) is 0. The third-order valence-corrected chi connectivity index (χ3v) is 4.55. The summed E-state index contributed by atoms with van der Waals surface area (Å²) in [5.74, 6) is 0.955. The zero-order valence-electron chi connectivity index (χ0n) is 12.3. The predicted octanol–water partition coefficient (Wildman–Crippen LogP) is 2.75. The summed E-state index contributed by atoms with van der Waals surface area (Å²) in [4.78, 5) is 18.9. The Kier molecular flexibility index (Phi) is 3.29. The number of carbonyl (C=O) groups excluding carboxylic acids is 1. The Morgan fingerprint density at radius 2 is 2.00 bits per heavy atom. The van der Waals surface area contributed by atoms with E-state index in [1.807, 2.05) is 41.3 Å². The first-order chi connectivity index (χ1) is 10.8. The second kappa shape index (κ2) is 5.44. The summed E-state index contributed by atoms with van der Waals surface area (Å²) in [7, 11) is 0. The number of aromatic nitrogens is 1. The van der Waals surface area contributed by atoms with Gasteiger partial charge in [0.15, 0.2) is 6.10 Å². The Hall–Kier alpha value is -2.36. The first-order valence-electron chi connectivity index (χ1n) is 7.78. The van der Waals surface area contributed by atoms with Crippen molar-refractivity contribution in [3.63, 3.8) is 0 Å². The second-order valence-corrected chi connectivity index (χ2v) is 5.89. The van der Waals surface area contributed by atoms with Crippen molar-refractivity contribution in [3.05, 3.63) is 59.9 Å². The number of nitrogens with zero attached hydrogens (tertiary/aromatic N) is 2. The Labute approximate surface area is 129 Å². The maximum absolute atomic E-state index is 12.9. The van der Waals surface area contributed by atoms with Gasteiger partial charge in [0.05, 0.1) is 6.04 Å². The van der Waals surface area contributed by atoms with Gasteiger partial charge in [0, 0.05) is 25.4 Å². The number of hydrogen-bond acceptors (Lipinski definition) is 3. The molecule has 0 saturated carbocycles. The maximum Gasteiger partial charge on any atom is 0.264 e. The van der Waals surface area contributed by atoms with Crippen LogP contribution in [0.25, 0.3) is 0 Å². The summed E-state index contributed by atoms with van der Waals surface area (Å²) in [6, 6.07) is 12.1. The van der Waals surface area contributed by atoms with Crippen LogP contribution in [0.2, 0.25) is 0 Å². The molecular weight excluding hydrogens is 276 g/mol. The van der Waals surface area contributed by atoms with Gasteiger partial charge < -0.3 is 9.64 Å². The van der Waals surface area contributed by atoms with Gasteiger partial charge in [-0.25, -0.2) is 0 Å². The number of amides is 1. The number of likely N-dealkylation sites (tertiary alicyclic amines) is 1. The largest absolute Gasteiger partial charge is 0.480 e. The van der Waals surface area contributed by atoms with E-state index in [-0.39, 0.29) is 18.1 Å². The van der Waals surface area contributed by atoms with Gasteiger partial charge in [-0.3, -0.25) is 9.78 Å². The molecule has 0 spiro atoms. The van der Waals surface area contributed by atoms with Crippen molar-refractivity contribution in [1.82, 2.24) is 9.88 Å². The summed E-state index contributed by atoms with van der Waals surface area (Å²) < 4.78 is 5.86. The molecule has 2 aliphatic heterocycles. The molecule has 1 aromatic carbocycles. The number of benzene rings is 1. The van der Waals surface area contributed by atoms with E-state index >= 15 is 0 Å². The number of carbonyl (C=O) groups is 1. The first kappa shape index (κ1) is 13.3. The van der Waals surface area contributed by atoms with Crippen LogP contribution in [0.1, 0.15) is 30.0 Å². The van der Waals surface area contributed by atoms with Crippen LogP contribution in [0.5, 0.6) is 5.75 Å². The van der Waals surface area contributed by atoms with E-state index in [4.69, 9.17) is 4.74 Å². The van der Waals surface area contributed by atoms with Crippen molar-refractivity contribution >= 4 is 5.91 Å². The molecule has 2 atom stereocenters. The molecule has 1 aromatic heterocycles. The normalized spacial score (nSPS) is 23.2. The van der Waals surface area contributed by atoms with Crippen LogP contribution in [-0.2, 0) is 11.2 Å². The lowest BCUT2D eigenvalue weighted by atomic mass is 10.0. The van der Waals surface area contributed by atoms with Crippen molar-refractivity contribution in [2.24, 2.45) is 0 Å². The molecule has 4 nitrogen and oxygen atoms in total. The molecule has 2 unspecified atom stereocenters. The summed E-state index contributed by atoms with van der Waals surface area (Å²) >= 11 is 0. The van der Waals surface area contributed by atoms with Crippen molar-refractivity contribution in [2.45, 2.75) is 31.4 Å². The van der Waals surface area contributed by atoms with Crippen LogP contribution in [0.3, 0.4) is 0 Å². The van der Waals surface area contributed by atoms with Gasteiger partial charge in [-0.2, -0.15) is 0 Å². The van der Waals surface area contributed by atoms with E-state index in [9.17, 15) is 4.79 Å². The fraction of sp³-hybridized carbons (Fsp3) is 0.333. The predicted molar refractivity (Wildman–Crippen MR) is 82.5 cm³/mol. The number of para-hydroxylation sites is 1. The van der Waals surface area contributed by atoms with Gasteiger partial charge in [-0.05, 0) is 42.2 Å². The number of pyridine rings is 1. The average Bonchev–Trinajstić information content (AvgIpc) is 3.21. The molecule has 0 radical (unpaired) electrons. The summed E-state index contributed by atoms with van der Waals surface area (Å²) in [5.41, 5.74) is 2.29. The molecule has 0 N–H and O–H groups in total. The third kappa shape index (κ3) is 2.25. The number of fused-ring (bicyclic) bond motifs is 1. The van der Waals surface area contributed by atoms with Crippen LogP contribution in [0, 0.1) is 0 Å².